The molecule has 2 N–H and O–H groups in total. The van der Waals surface area contributed by atoms with Gasteiger partial charge in [0.2, 0.25) is 5.91 Å². The van der Waals surface area contributed by atoms with Crippen LogP contribution in [-0.2, 0) is 9.59 Å². The molecule has 2 atom stereocenters. The Balaban J connectivity index is 2.88. The lowest BCUT2D eigenvalue weighted by molar-refractivity contribution is -0.137. The number of anilines is 1. The summed E-state index contributed by atoms with van der Waals surface area (Å²) >= 11 is 17.6. The number of nitrogens with one attached hydrogen (secondary N) is 1. The van der Waals surface area contributed by atoms with E-state index in [4.69, 9.17) is 28.3 Å². The predicted octanol–water partition coefficient (Wildman–Crippen LogP) is 3.85. The van der Waals surface area contributed by atoms with Gasteiger partial charge in [-0.25, -0.2) is 0 Å². The van der Waals surface area contributed by atoms with Crippen LogP contribution in [0.3, 0.4) is 0 Å². The van der Waals surface area contributed by atoms with Gasteiger partial charge >= 0.3 is 5.97 Å². The second-order valence-corrected chi connectivity index (χ2v) is 6.50. The zero-order valence-corrected chi connectivity index (χ0v) is 14.3. The van der Waals surface area contributed by atoms with Crippen LogP contribution < -0.4 is 5.32 Å². The standard InChI is InChI=1S/C11H9Br2Cl2NO3/c1-4-2-5(14)6(15)3-7(4)16-10(17)8(12)9(13)11(18)19/h2-3,8-9H,1H3,(H,16,17)(H,18,19)/t8-,9+/m1/s1. The Kier molecular flexibility index (Phi) is 6.11. The Bertz CT molecular complexity index is 525. The van der Waals surface area contributed by atoms with Gasteiger partial charge in [-0.15, -0.1) is 0 Å². The second kappa shape index (κ2) is 6.92. The highest BCUT2D eigenvalue weighted by Crippen LogP contribution is 2.29. The zero-order valence-electron chi connectivity index (χ0n) is 9.58. The smallest absolute Gasteiger partial charge is 0.318 e. The molecule has 0 unspecified atom stereocenters. The number of alkyl halides is 2. The molecule has 1 aromatic rings. The van der Waals surface area contributed by atoms with Crippen molar-refractivity contribution >= 4 is 72.6 Å². The van der Waals surface area contributed by atoms with Gasteiger partial charge in [0.15, 0.2) is 0 Å². The number of carboxylic acids is 1. The predicted molar refractivity (Wildman–Crippen MR) is 82.9 cm³/mol. The third-order valence-corrected chi connectivity index (χ3v) is 5.56. The summed E-state index contributed by atoms with van der Waals surface area (Å²) < 4.78 is 0. The highest BCUT2D eigenvalue weighted by molar-refractivity contribution is 9.12. The van der Waals surface area contributed by atoms with Gasteiger partial charge in [0, 0.05) is 5.69 Å². The minimum absolute atomic E-state index is 0.308. The lowest BCUT2D eigenvalue weighted by atomic mass is 10.2. The van der Waals surface area contributed by atoms with Crippen LogP contribution in [0.2, 0.25) is 10.0 Å². The molecule has 0 radical (unpaired) electrons. The maximum atomic E-state index is 11.9. The highest BCUT2D eigenvalue weighted by atomic mass is 79.9. The SMILES string of the molecule is Cc1cc(Cl)c(Cl)cc1NC(=O)[C@H](Br)[C@H](Br)C(=O)O. The molecule has 1 rings (SSSR count). The molecule has 0 fully saturated rings. The van der Waals surface area contributed by atoms with Gasteiger partial charge in [-0.3, -0.25) is 9.59 Å². The Morgan fingerprint density at radius 1 is 1.21 bits per heavy atom. The van der Waals surface area contributed by atoms with Crippen LogP contribution >= 0.6 is 55.1 Å². The fourth-order valence-corrected chi connectivity index (χ4v) is 2.20. The second-order valence-electron chi connectivity index (χ2n) is 3.71. The van der Waals surface area contributed by atoms with Crippen LogP contribution in [0.1, 0.15) is 5.56 Å². The van der Waals surface area contributed by atoms with E-state index in [0.717, 1.165) is 5.56 Å². The van der Waals surface area contributed by atoms with E-state index in [9.17, 15) is 9.59 Å². The summed E-state index contributed by atoms with van der Waals surface area (Å²) in [6.45, 7) is 1.75. The van der Waals surface area contributed by atoms with E-state index in [2.05, 4.69) is 37.2 Å². The first-order valence-corrected chi connectivity index (χ1v) is 7.60. The van der Waals surface area contributed by atoms with E-state index < -0.39 is 21.5 Å². The molecule has 0 aromatic heterocycles. The molecule has 104 valence electrons. The van der Waals surface area contributed by atoms with E-state index in [1.54, 1.807) is 13.0 Å². The average Bonchev–Trinajstić information content (AvgIpc) is 2.33. The molecule has 0 aliphatic heterocycles. The Morgan fingerprint density at radius 3 is 2.26 bits per heavy atom. The first kappa shape index (κ1) is 16.8. The van der Waals surface area contributed by atoms with Gasteiger partial charge in [0.1, 0.15) is 9.65 Å². The van der Waals surface area contributed by atoms with Crippen molar-refractivity contribution in [2.45, 2.75) is 16.6 Å². The van der Waals surface area contributed by atoms with Gasteiger partial charge in [0.05, 0.1) is 10.0 Å². The molecule has 0 heterocycles. The van der Waals surface area contributed by atoms with Crippen LogP contribution in [0.4, 0.5) is 5.69 Å². The monoisotopic (exact) mass is 431 g/mol. The number of aryl methyl sites for hydroxylation is 1. The fraction of sp³-hybridized carbons (Fsp3) is 0.273. The molecule has 19 heavy (non-hydrogen) atoms. The van der Waals surface area contributed by atoms with Gasteiger partial charge in [-0.1, -0.05) is 55.1 Å². The number of halogens is 4. The van der Waals surface area contributed by atoms with Gasteiger partial charge in [0.25, 0.3) is 0 Å². The highest BCUT2D eigenvalue weighted by Gasteiger charge is 2.29. The topological polar surface area (TPSA) is 66.4 Å². The first-order valence-electron chi connectivity index (χ1n) is 5.01. The number of amides is 1. The van der Waals surface area contributed by atoms with Crippen molar-refractivity contribution in [2.75, 3.05) is 5.32 Å². The number of rotatable bonds is 4. The van der Waals surface area contributed by atoms with E-state index in [0.29, 0.717) is 15.7 Å². The van der Waals surface area contributed by atoms with Crippen molar-refractivity contribution in [3.63, 3.8) is 0 Å². The zero-order chi connectivity index (χ0) is 14.7. The Morgan fingerprint density at radius 2 is 1.74 bits per heavy atom. The van der Waals surface area contributed by atoms with E-state index in [-0.39, 0.29) is 0 Å². The molecule has 0 aliphatic rings. The summed E-state index contributed by atoms with van der Waals surface area (Å²) in [4.78, 5) is 20.7. The molecular weight excluding hydrogens is 425 g/mol. The number of carbonyl (C=O) groups excluding carboxylic acids is 1. The Hall–Kier alpha value is -0.300. The number of benzene rings is 1. The van der Waals surface area contributed by atoms with Crippen LogP contribution in [0.15, 0.2) is 12.1 Å². The van der Waals surface area contributed by atoms with E-state index in [1.807, 2.05) is 0 Å². The number of aliphatic carboxylic acids is 1. The van der Waals surface area contributed by atoms with Crippen molar-refractivity contribution in [3.8, 4) is 0 Å². The summed E-state index contributed by atoms with van der Waals surface area (Å²) in [7, 11) is 0. The van der Waals surface area contributed by atoms with Crippen LogP contribution in [-0.4, -0.2) is 26.6 Å². The molecular formula is C11H9Br2Cl2NO3. The van der Waals surface area contributed by atoms with Crippen molar-refractivity contribution in [3.05, 3.63) is 27.7 Å². The number of carbonyl (C=O) groups is 2. The summed E-state index contributed by atoms with van der Waals surface area (Å²) in [5.74, 6) is -1.63. The van der Waals surface area contributed by atoms with Crippen molar-refractivity contribution in [2.24, 2.45) is 0 Å². The van der Waals surface area contributed by atoms with Crippen molar-refractivity contribution in [1.82, 2.24) is 0 Å². The van der Waals surface area contributed by atoms with Crippen molar-refractivity contribution in [1.29, 1.82) is 0 Å². The average molecular weight is 434 g/mol. The molecule has 0 bridgehead atoms. The minimum atomic E-state index is -1.14. The number of carboxylic acid groups (broad SMARTS) is 1. The normalized spacial score (nSPS) is 13.7. The largest absolute Gasteiger partial charge is 0.480 e. The van der Waals surface area contributed by atoms with E-state index in [1.165, 1.54) is 6.07 Å². The van der Waals surface area contributed by atoms with Crippen LogP contribution in [0, 0.1) is 6.92 Å². The molecule has 0 saturated heterocycles. The first-order chi connectivity index (χ1) is 8.73. The summed E-state index contributed by atoms with van der Waals surface area (Å²) in [6.07, 6.45) is 0. The quantitative estimate of drug-likeness (QED) is 0.709. The molecule has 0 aliphatic carbocycles. The fourth-order valence-electron chi connectivity index (χ4n) is 1.24. The maximum absolute atomic E-state index is 11.9. The summed E-state index contributed by atoms with van der Waals surface area (Å²) in [5, 5.41) is 12.1. The molecule has 0 spiro atoms. The summed E-state index contributed by atoms with van der Waals surface area (Å²) in [5.41, 5.74) is 1.21. The molecule has 1 amide bonds. The van der Waals surface area contributed by atoms with E-state index >= 15 is 0 Å². The van der Waals surface area contributed by atoms with Gasteiger partial charge < -0.3 is 10.4 Å². The number of hydrogen-bond donors (Lipinski definition) is 2. The molecule has 0 saturated carbocycles. The van der Waals surface area contributed by atoms with Crippen LogP contribution in [0.5, 0.6) is 0 Å². The number of hydrogen-bond acceptors (Lipinski definition) is 2. The molecule has 4 nitrogen and oxygen atoms in total. The third kappa shape index (κ3) is 4.34. The van der Waals surface area contributed by atoms with Crippen molar-refractivity contribution < 1.29 is 14.7 Å². The lowest BCUT2D eigenvalue weighted by Gasteiger charge is -2.15. The summed E-state index contributed by atoms with van der Waals surface area (Å²) in [6, 6.07) is 3.13. The maximum Gasteiger partial charge on any atom is 0.318 e. The lowest BCUT2D eigenvalue weighted by Crippen LogP contribution is -2.34. The molecule has 1 aromatic carbocycles. The Labute approximate surface area is 136 Å². The van der Waals surface area contributed by atoms with Gasteiger partial charge in [-0.05, 0) is 24.6 Å². The minimum Gasteiger partial charge on any atom is -0.480 e. The third-order valence-electron chi connectivity index (χ3n) is 2.27. The van der Waals surface area contributed by atoms with Gasteiger partial charge in [-0.2, -0.15) is 0 Å². The molecule has 8 heteroatoms. The van der Waals surface area contributed by atoms with Crippen LogP contribution in [0.25, 0.3) is 0 Å².